The minimum absolute atomic E-state index is 0.0352. The van der Waals surface area contributed by atoms with Crippen LogP contribution in [0.25, 0.3) is 0 Å². The summed E-state index contributed by atoms with van der Waals surface area (Å²) in [5.41, 5.74) is 2.59. The van der Waals surface area contributed by atoms with Gasteiger partial charge in [0.15, 0.2) is 5.78 Å². The number of rotatable bonds is 13. The van der Waals surface area contributed by atoms with E-state index in [2.05, 4.69) is 23.6 Å². The van der Waals surface area contributed by atoms with Crippen molar-refractivity contribution in [2.24, 2.45) is 0 Å². The minimum Gasteiger partial charge on any atom is -0.390 e. The predicted octanol–water partition coefficient (Wildman–Crippen LogP) is 4.43. The van der Waals surface area contributed by atoms with Gasteiger partial charge < -0.3 is 15.7 Å². The Morgan fingerprint density at radius 2 is 1.71 bits per heavy atom. The summed E-state index contributed by atoms with van der Waals surface area (Å²) in [4.78, 5) is 25.4. The summed E-state index contributed by atoms with van der Waals surface area (Å²) in [7, 11) is 0. The number of thiophene rings is 1. The molecule has 2 atom stereocenters. The van der Waals surface area contributed by atoms with E-state index < -0.39 is 29.7 Å². The summed E-state index contributed by atoms with van der Waals surface area (Å²) in [5.74, 6) is -1.99. The Bertz CT molecular complexity index is 1100. The van der Waals surface area contributed by atoms with Crippen molar-refractivity contribution in [3.63, 3.8) is 0 Å². The lowest BCUT2D eigenvalue weighted by atomic mass is 10.00. The number of carbonyl (C=O) groups excluding carboxylic acids is 2. The molecule has 3 rings (SSSR count). The van der Waals surface area contributed by atoms with Gasteiger partial charge in [-0.05, 0) is 53.1 Å². The van der Waals surface area contributed by atoms with Gasteiger partial charge in [-0.15, -0.1) is 11.3 Å². The van der Waals surface area contributed by atoms with E-state index >= 15 is 0 Å². The molecule has 3 aromatic rings. The Morgan fingerprint density at radius 1 is 0.971 bits per heavy atom. The van der Waals surface area contributed by atoms with E-state index in [9.17, 15) is 23.5 Å². The highest BCUT2D eigenvalue weighted by Crippen LogP contribution is 2.14. The Hall–Kier alpha value is -2.94. The third-order valence-electron chi connectivity index (χ3n) is 5.65. The number of aryl methyl sites for hydroxylation is 1. The smallest absolute Gasteiger partial charge is 0.220 e. The van der Waals surface area contributed by atoms with E-state index in [1.807, 2.05) is 18.2 Å². The molecule has 0 spiro atoms. The lowest BCUT2D eigenvalue weighted by molar-refractivity contribution is -0.122. The number of hydrogen-bond acceptors (Lipinski definition) is 5. The van der Waals surface area contributed by atoms with Crippen LogP contribution in [0.2, 0.25) is 0 Å². The van der Waals surface area contributed by atoms with E-state index in [1.54, 1.807) is 17.5 Å². The van der Waals surface area contributed by atoms with Crippen molar-refractivity contribution in [2.75, 3.05) is 6.54 Å². The maximum Gasteiger partial charge on any atom is 0.220 e. The molecule has 186 valence electrons. The second-order valence-electron chi connectivity index (χ2n) is 8.43. The highest BCUT2D eigenvalue weighted by Gasteiger charge is 2.23. The zero-order valence-corrected chi connectivity index (χ0v) is 20.4. The lowest BCUT2D eigenvalue weighted by Crippen LogP contribution is -2.48. The summed E-state index contributed by atoms with van der Waals surface area (Å²) in [6.45, 7) is 2.76. The fourth-order valence-electron chi connectivity index (χ4n) is 3.80. The van der Waals surface area contributed by atoms with Crippen LogP contribution in [-0.4, -0.2) is 35.5 Å². The number of carbonyl (C=O) groups is 2. The Labute approximate surface area is 208 Å². The molecule has 1 amide bonds. The van der Waals surface area contributed by atoms with Gasteiger partial charge in [0, 0.05) is 32.0 Å². The standard InChI is InChI=1S/C27H30F2N2O3S/c1-2-18-5-3-6-19(11-18)16-30-17-25(33)23(14-20-12-21(28)15-22(29)13-20)31-27(34)9-8-24(32)26-7-4-10-35-26/h3-7,10-13,15,23,25,30,33H,2,8-9,14,16-17H2,1H3,(H,31,34)/t23-,25-/m0/s1. The normalized spacial score (nSPS) is 12.8. The van der Waals surface area contributed by atoms with Crippen LogP contribution in [0.3, 0.4) is 0 Å². The number of hydrogen-bond donors (Lipinski definition) is 3. The monoisotopic (exact) mass is 500 g/mol. The average molecular weight is 501 g/mol. The van der Waals surface area contributed by atoms with Gasteiger partial charge in [-0.3, -0.25) is 9.59 Å². The van der Waals surface area contributed by atoms with Crippen molar-refractivity contribution >= 4 is 23.0 Å². The third-order valence-corrected chi connectivity index (χ3v) is 6.56. The minimum atomic E-state index is -1.02. The van der Waals surface area contributed by atoms with Gasteiger partial charge in [0.1, 0.15) is 11.6 Å². The SMILES string of the molecule is CCc1cccc(CNC[C@H](O)[C@H](Cc2cc(F)cc(F)c2)NC(=O)CCC(=O)c2cccs2)c1. The van der Waals surface area contributed by atoms with Crippen molar-refractivity contribution in [2.45, 2.75) is 51.3 Å². The molecule has 1 aromatic heterocycles. The molecule has 0 bridgehead atoms. The lowest BCUT2D eigenvalue weighted by Gasteiger charge is -2.25. The molecule has 0 unspecified atom stereocenters. The molecule has 3 N–H and O–H groups in total. The zero-order chi connectivity index (χ0) is 25.2. The van der Waals surface area contributed by atoms with Gasteiger partial charge in [-0.2, -0.15) is 0 Å². The second kappa shape index (κ2) is 13.2. The molecular weight excluding hydrogens is 470 g/mol. The number of amides is 1. The van der Waals surface area contributed by atoms with Crippen LogP contribution >= 0.6 is 11.3 Å². The molecule has 35 heavy (non-hydrogen) atoms. The fraction of sp³-hybridized carbons (Fsp3) is 0.333. The number of ketones is 1. The first kappa shape index (κ1) is 26.7. The van der Waals surface area contributed by atoms with Crippen LogP contribution in [0, 0.1) is 11.6 Å². The van der Waals surface area contributed by atoms with Gasteiger partial charge in [-0.25, -0.2) is 8.78 Å². The third kappa shape index (κ3) is 8.65. The fourth-order valence-corrected chi connectivity index (χ4v) is 4.49. The summed E-state index contributed by atoms with van der Waals surface area (Å²) in [6, 6.07) is 13.9. The number of aliphatic hydroxyl groups is 1. The Kier molecular flexibility index (Phi) is 10.1. The highest BCUT2D eigenvalue weighted by molar-refractivity contribution is 7.12. The van der Waals surface area contributed by atoms with Gasteiger partial charge in [0.25, 0.3) is 0 Å². The summed E-state index contributed by atoms with van der Waals surface area (Å²) < 4.78 is 27.4. The van der Waals surface area contributed by atoms with E-state index in [1.165, 1.54) is 29.0 Å². The van der Waals surface area contributed by atoms with Gasteiger partial charge in [0.05, 0.1) is 17.0 Å². The first-order chi connectivity index (χ1) is 16.8. The van der Waals surface area contributed by atoms with Crippen molar-refractivity contribution in [3.8, 4) is 0 Å². The van der Waals surface area contributed by atoms with Crippen molar-refractivity contribution < 1.29 is 23.5 Å². The predicted molar refractivity (Wildman–Crippen MR) is 133 cm³/mol. The number of nitrogens with one attached hydrogen (secondary N) is 2. The molecule has 0 saturated heterocycles. The molecule has 0 saturated carbocycles. The molecule has 0 aliphatic heterocycles. The second-order valence-corrected chi connectivity index (χ2v) is 9.38. The summed E-state index contributed by atoms with van der Waals surface area (Å²) in [5, 5.41) is 18.6. The summed E-state index contributed by atoms with van der Waals surface area (Å²) >= 11 is 1.31. The maximum atomic E-state index is 13.7. The molecule has 0 aliphatic carbocycles. The molecule has 1 heterocycles. The maximum absolute atomic E-state index is 13.7. The molecule has 5 nitrogen and oxygen atoms in total. The summed E-state index contributed by atoms with van der Waals surface area (Å²) in [6.07, 6.45) is -0.0746. The van der Waals surface area contributed by atoms with Crippen LogP contribution in [0.5, 0.6) is 0 Å². The Balaban J connectivity index is 1.61. The highest BCUT2D eigenvalue weighted by atomic mass is 32.1. The Morgan fingerprint density at radius 3 is 2.40 bits per heavy atom. The first-order valence-electron chi connectivity index (χ1n) is 11.6. The van der Waals surface area contributed by atoms with Crippen LogP contribution in [-0.2, 0) is 24.2 Å². The number of halogens is 2. The van der Waals surface area contributed by atoms with Crippen molar-refractivity contribution in [3.05, 3.63) is 93.2 Å². The molecule has 0 aliphatic rings. The number of Topliss-reactive ketones (excluding diaryl/α,β-unsaturated/α-hetero) is 1. The molecule has 2 aromatic carbocycles. The van der Waals surface area contributed by atoms with E-state index in [4.69, 9.17) is 0 Å². The molecule has 0 fully saturated rings. The molecular formula is C27H30F2N2O3S. The number of aliphatic hydroxyl groups excluding tert-OH is 1. The molecule has 8 heteroatoms. The van der Waals surface area contributed by atoms with Gasteiger partial charge >= 0.3 is 0 Å². The van der Waals surface area contributed by atoms with Crippen molar-refractivity contribution in [1.82, 2.24) is 10.6 Å². The number of benzene rings is 2. The van der Waals surface area contributed by atoms with E-state index in [0.29, 0.717) is 17.0 Å². The van der Waals surface area contributed by atoms with Crippen LogP contribution < -0.4 is 10.6 Å². The van der Waals surface area contributed by atoms with Gasteiger partial charge in [0.2, 0.25) is 5.91 Å². The zero-order valence-electron chi connectivity index (χ0n) is 19.6. The van der Waals surface area contributed by atoms with Crippen LogP contribution in [0.4, 0.5) is 8.78 Å². The van der Waals surface area contributed by atoms with E-state index in [-0.39, 0.29) is 31.6 Å². The first-order valence-corrected chi connectivity index (χ1v) is 12.5. The van der Waals surface area contributed by atoms with Gasteiger partial charge in [-0.1, -0.05) is 37.3 Å². The quantitative estimate of drug-likeness (QED) is 0.304. The van der Waals surface area contributed by atoms with Crippen LogP contribution in [0.1, 0.15) is 46.1 Å². The topological polar surface area (TPSA) is 78.4 Å². The van der Waals surface area contributed by atoms with E-state index in [0.717, 1.165) is 18.1 Å². The average Bonchev–Trinajstić information content (AvgIpc) is 3.37. The van der Waals surface area contributed by atoms with Crippen LogP contribution in [0.15, 0.2) is 60.0 Å². The molecule has 0 radical (unpaired) electrons. The largest absolute Gasteiger partial charge is 0.390 e. The van der Waals surface area contributed by atoms with Crippen molar-refractivity contribution in [1.29, 1.82) is 0 Å².